The molecular formula is C16H10N2S. The Bertz CT molecular complexity index is 721. The van der Waals surface area contributed by atoms with Gasteiger partial charge in [-0.2, -0.15) is 0 Å². The molecule has 0 aromatic carbocycles. The van der Waals surface area contributed by atoms with Crippen LogP contribution in [0.15, 0.2) is 61.2 Å². The third-order valence-electron chi connectivity index (χ3n) is 2.54. The molecule has 0 radical (unpaired) electrons. The Morgan fingerprint density at radius 2 is 1.68 bits per heavy atom. The molecular weight excluding hydrogens is 252 g/mol. The van der Waals surface area contributed by atoms with Gasteiger partial charge < -0.3 is 0 Å². The lowest BCUT2D eigenvalue weighted by Crippen LogP contribution is -1.74. The van der Waals surface area contributed by atoms with Gasteiger partial charge in [-0.05, 0) is 30.3 Å². The molecule has 19 heavy (non-hydrogen) atoms. The van der Waals surface area contributed by atoms with Crippen molar-refractivity contribution >= 4 is 11.3 Å². The van der Waals surface area contributed by atoms with E-state index in [1.54, 1.807) is 29.9 Å². The van der Waals surface area contributed by atoms with Crippen LogP contribution in [-0.4, -0.2) is 9.97 Å². The summed E-state index contributed by atoms with van der Waals surface area (Å²) in [5.41, 5.74) is 2.06. The largest absolute Gasteiger partial charge is 0.264 e. The van der Waals surface area contributed by atoms with Gasteiger partial charge in [0.2, 0.25) is 0 Å². The van der Waals surface area contributed by atoms with Crippen molar-refractivity contribution in [3.05, 3.63) is 71.6 Å². The Hall–Kier alpha value is -2.44. The number of nitrogens with zero attached hydrogens (tertiary/aromatic N) is 2. The molecule has 0 aliphatic heterocycles. The van der Waals surface area contributed by atoms with Crippen molar-refractivity contribution in [3.63, 3.8) is 0 Å². The molecule has 0 aliphatic carbocycles. The molecule has 0 bridgehead atoms. The van der Waals surface area contributed by atoms with Gasteiger partial charge in [0.1, 0.15) is 0 Å². The van der Waals surface area contributed by atoms with Crippen LogP contribution in [0.2, 0.25) is 0 Å². The Morgan fingerprint density at radius 1 is 0.842 bits per heavy atom. The summed E-state index contributed by atoms with van der Waals surface area (Å²) in [5.74, 6) is 6.27. The van der Waals surface area contributed by atoms with Crippen molar-refractivity contribution in [3.8, 4) is 22.3 Å². The van der Waals surface area contributed by atoms with E-state index in [0.717, 1.165) is 16.0 Å². The predicted molar refractivity (Wildman–Crippen MR) is 77.8 cm³/mol. The summed E-state index contributed by atoms with van der Waals surface area (Å²) in [7, 11) is 0. The highest BCUT2D eigenvalue weighted by molar-refractivity contribution is 7.16. The van der Waals surface area contributed by atoms with Gasteiger partial charge >= 0.3 is 0 Å². The van der Waals surface area contributed by atoms with Gasteiger partial charge in [-0.1, -0.05) is 17.9 Å². The topological polar surface area (TPSA) is 25.8 Å². The molecule has 2 nitrogen and oxygen atoms in total. The van der Waals surface area contributed by atoms with Crippen molar-refractivity contribution in [2.24, 2.45) is 0 Å². The summed E-state index contributed by atoms with van der Waals surface area (Å²) < 4.78 is 0. The lowest BCUT2D eigenvalue weighted by atomic mass is 10.2. The SMILES string of the molecule is C(#Cc1ccc(-c2cccnc2)s1)c1cccnc1. The quantitative estimate of drug-likeness (QED) is 0.626. The molecule has 0 amide bonds. The molecule has 0 saturated heterocycles. The standard InChI is InChI=1S/C16H10N2S/c1-3-13(11-17-9-1)5-6-15-7-8-16(19-15)14-4-2-10-18-12-14/h1-4,7-12H. The highest BCUT2D eigenvalue weighted by Gasteiger charge is 2.00. The van der Waals surface area contributed by atoms with Gasteiger partial charge in [-0.3, -0.25) is 9.97 Å². The van der Waals surface area contributed by atoms with Crippen molar-refractivity contribution in [1.29, 1.82) is 0 Å². The summed E-state index contributed by atoms with van der Waals surface area (Å²) >= 11 is 1.67. The van der Waals surface area contributed by atoms with E-state index in [-0.39, 0.29) is 0 Å². The van der Waals surface area contributed by atoms with E-state index in [4.69, 9.17) is 0 Å². The molecule has 3 rings (SSSR count). The second kappa shape index (κ2) is 5.47. The summed E-state index contributed by atoms with van der Waals surface area (Å²) in [5, 5.41) is 0. The molecule has 0 atom stereocenters. The number of hydrogen-bond donors (Lipinski definition) is 0. The lowest BCUT2D eigenvalue weighted by molar-refractivity contribution is 1.31. The van der Waals surface area contributed by atoms with Crippen LogP contribution < -0.4 is 0 Å². The fourth-order valence-electron chi connectivity index (χ4n) is 1.64. The molecule has 0 spiro atoms. The molecule has 3 heteroatoms. The van der Waals surface area contributed by atoms with Gasteiger partial charge in [-0.25, -0.2) is 0 Å². The average molecular weight is 262 g/mol. The zero-order valence-electron chi connectivity index (χ0n) is 10.1. The van der Waals surface area contributed by atoms with Crippen molar-refractivity contribution < 1.29 is 0 Å². The fraction of sp³-hybridized carbons (Fsp3) is 0. The van der Waals surface area contributed by atoms with E-state index in [2.05, 4.69) is 33.9 Å². The first kappa shape index (κ1) is 11.6. The third kappa shape index (κ3) is 2.87. The first-order valence-electron chi connectivity index (χ1n) is 5.84. The van der Waals surface area contributed by atoms with Crippen LogP contribution in [0.1, 0.15) is 10.4 Å². The molecule has 0 N–H and O–H groups in total. The van der Waals surface area contributed by atoms with Crippen LogP contribution in [0.3, 0.4) is 0 Å². The second-order valence-electron chi connectivity index (χ2n) is 3.90. The molecule has 3 aromatic heterocycles. The van der Waals surface area contributed by atoms with Gasteiger partial charge in [0.15, 0.2) is 0 Å². The normalized spacial score (nSPS) is 9.68. The number of pyridine rings is 2. The number of thiophene rings is 1. The second-order valence-corrected chi connectivity index (χ2v) is 4.98. The average Bonchev–Trinajstić information content (AvgIpc) is 2.96. The van der Waals surface area contributed by atoms with Gasteiger partial charge in [0, 0.05) is 40.8 Å². The van der Waals surface area contributed by atoms with E-state index in [1.165, 1.54) is 4.88 Å². The summed E-state index contributed by atoms with van der Waals surface area (Å²) in [6, 6.07) is 12.0. The van der Waals surface area contributed by atoms with E-state index >= 15 is 0 Å². The van der Waals surface area contributed by atoms with E-state index < -0.39 is 0 Å². The first-order valence-corrected chi connectivity index (χ1v) is 6.66. The predicted octanol–water partition coefficient (Wildman–Crippen LogP) is 3.60. The van der Waals surface area contributed by atoms with Crippen LogP contribution in [0, 0.1) is 11.8 Å². The number of aromatic nitrogens is 2. The van der Waals surface area contributed by atoms with Crippen LogP contribution >= 0.6 is 11.3 Å². The zero-order valence-corrected chi connectivity index (χ0v) is 10.9. The van der Waals surface area contributed by atoms with E-state index in [1.807, 2.05) is 30.5 Å². The highest BCUT2D eigenvalue weighted by atomic mass is 32.1. The molecule has 3 aromatic rings. The van der Waals surface area contributed by atoms with Crippen LogP contribution in [0.5, 0.6) is 0 Å². The summed E-state index contributed by atoms with van der Waals surface area (Å²) in [6.45, 7) is 0. The van der Waals surface area contributed by atoms with Crippen LogP contribution in [0.4, 0.5) is 0 Å². The molecule has 0 aliphatic rings. The smallest absolute Gasteiger partial charge is 0.0778 e. The summed E-state index contributed by atoms with van der Waals surface area (Å²) in [4.78, 5) is 10.4. The molecule has 3 heterocycles. The highest BCUT2D eigenvalue weighted by Crippen LogP contribution is 2.26. The van der Waals surface area contributed by atoms with E-state index in [0.29, 0.717) is 0 Å². The zero-order chi connectivity index (χ0) is 12.9. The number of rotatable bonds is 1. The first-order chi connectivity index (χ1) is 9.42. The Labute approximate surface area is 115 Å². The monoisotopic (exact) mass is 262 g/mol. The molecule has 0 unspecified atom stereocenters. The Kier molecular flexibility index (Phi) is 3.35. The van der Waals surface area contributed by atoms with Gasteiger partial charge in [0.05, 0.1) is 4.88 Å². The van der Waals surface area contributed by atoms with Crippen LogP contribution in [0.25, 0.3) is 10.4 Å². The molecule has 0 fully saturated rings. The third-order valence-corrected chi connectivity index (χ3v) is 3.59. The van der Waals surface area contributed by atoms with Crippen molar-refractivity contribution in [2.45, 2.75) is 0 Å². The fourth-order valence-corrected chi connectivity index (χ4v) is 2.49. The van der Waals surface area contributed by atoms with Crippen molar-refractivity contribution in [2.75, 3.05) is 0 Å². The Balaban J connectivity index is 1.85. The minimum Gasteiger partial charge on any atom is -0.264 e. The summed E-state index contributed by atoms with van der Waals surface area (Å²) in [6.07, 6.45) is 7.16. The minimum absolute atomic E-state index is 0.929. The van der Waals surface area contributed by atoms with Crippen molar-refractivity contribution in [1.82, 2.24) is 9.97 Å². The minimum atomic E-state index is 0.929. The van der Waals surface area contributed by atoms with E-state index in [9.17, 15) is 0 Å². The molecule has 0 saturated carbocycles. The Morgan fingerprint density at radius 3 is 2.42 bits per heavy atom. The molecule has 90 valence electrons. The van der Waals surface area contributed by atoms with Gasteiger partial charge in [-0.15, -0.1) is 11.3 Å². The lowest BCUT2D eigenvalue weighted by Gasteiger charge is -1.93. The van der Waals surface area contributed by atoms with Gasteiger partial charge in [0.25, 0.3) is 0 Å². The van der Waals surface area contributed by atoms with Crippen LogP contribution in [-0.2, 0) is 0 Å². The maximum atomic E-state index is 4.13. The maximum Gasteiger partial charge on any atom is 0.0778 e. The number of hydrogen-bond acceptors (Lipinski definition) is 3. The maximum absolute atomic E-state index is 4.13.